The van der Waals surface area contributed by atoms with Crippen LogP contribution in [0.15, 0.2) is 29.1 Å². The zero-order valence-electron chi connectivity index (χ0n) is 10.2. The molecule has 0 aliphatic rings. The number of phenolic OH excluding ortho intramolecular Hbond substituents is 1. The number of benzene rings is 1. The highest BCUT2D eigenvalue weighted by Gasteiger charge is 2.03. The fraction of sp³-hybridized carbons (Fsp3) is 0.308. The quantitative estimate of drug-likeness (QED) is 0.842. The molecule has 0 bridgehead atoms. The Balaban J connectivity index is 1.90. The maximum atomic E-state index is 9.59. The lowest BCUT2D eigenvalue weighted by Gasteiger charge is -2.08. The fourth-order valence-electron chi connectivity index (χ4n) is 1.60. The van der Waals surface area contributed by atoms with Gasteiger partial charge in [0.05, 0.1) is 17.8 Å². The normalized spacial score (nSPS) is 10.5. The maximum Gasteiger partial charge on any atom is 0.161 e. The Morgan fingerprint density at radius 2 is 2.28 bits per heavy atom. The zero-order valence-corrected chi connectivity index (χ0v) is 11.0. The maximum absolute atomic E-state index is 9.59. The topological polar surface area (TPSA) is 54.4 Å². The van der Waals surface area contributed by atoms with E-state index in [4.69, 9.17) is 4.74 Å². The number of hydrogen-bond donors (Lipinski definition) is 2. The van der Waals surface area contributed by atoms with Crippen LogP contribution in [-0.4, -0.2) is 16.7 Å². The van der Waals surface area contributed by atoms with E-state index in [0.29, 0.717) is 12.4 Å². The highest BCUT2D eigenvalue weighted by molar-refractivity contribution is 7.07. The number of hydrogen-bond acceptors (Lipinski definition) is 5. The van der Waals surface area contributed by atoms with Crippen molar-refractivity contribution >= 4 is 11.3 Å². The number of nitrogens with one attached hydrogen (secondary N) is 1. The first-order chi connectivity index (χ1) is 8.79. The SMILES string of the molecule is CCOc1cc(CNCc2cscn2)ccc1O. The van der Waals surface area contributed by atoms with Crippen molar-refractivity contribution in [2.45, 2.75) is 20.0 Å². The van der Waals surface area contributed by atoms with Crippen LogP contribution in [0.2, 0.25) is 0 Å². The third kappa shape index (κ3) is 3.45. The summed E-state index contributed by atoms with van der Waals surface area (Å²) in [7, 11) is 0. The van der Waals surface area contributed by atoms with Gasteiger partial charge in [-0.1, -0.05) is 6.07 Å². The number of aromatic nitrogens is 1. The van der Waals surface area contributed by atoms with Gasteiger partial charge in [0.2, 0.25) is 0 Å². The molecule has 5 heteroatoms. The van der Waals surface area contributed by atoms with E-state index in [1.54, 1.807) is 17.4 Å². The van der Waals surface area contributed by atoms with E-state index in [1.807, 2.05) is 29.9 Å². The number of rotatable bonds is 6. The van der Waals surface area contributed by atoms with Crippen molar-refractivity contribution in [1.82, 2.24) is 10.3 Å². The van der Waals surface area contributed by atoms with E-state index >= 15 is 0 Å². The third-order valence-corrected chi connectivity index (χ3v) is 3.08. The highest BCUT2D eigenvalue weighted by atomic mass is 32.1. The van der Waals surface area contributed by atoms with Gasteiger partial charge < -0.3 is 15.2 Å². The van der Waals surface area contributed by atoms with Crippen molar-refractivity contribution in [2.75, 3.05) is 6.61 Å². The second-order valence-corrected chi connectivity index (χ2v) is 4.54. The van der Waals surface area contributed by atoms with Gasteiger partial charge in [-0.05, 0) is 24.6 Å². The van der Waals surface area contributed by atoms with E-state index < -0.39 is 0 Å². The largest absolute Gasteiger partial charge is 0.504 e. The molecular weight excluding hydrogens is 248 g/mol. The molecule has 96 valence electrons. The Kier molecular flexibility index (Phi) is 4.55. The Hall–Kier alpha value is -1.59. The Morgan fingerprint density at radius 1 is 1.39 bits per heavy atom. The van der Waals surface area contributed by atoms with Crippen molar-refractivity contribution in [2.24, 2.45) is 0 Å². The van der Waals surface area contributed by atoms with Gasteiger partial charge in [-0.2, -0.15) is 0 Å². The van der Waals surface area contributed by atoms with Crippen molar-refractivity contribution < 1.29 is 9.84 Å². The molecule has 0 saturated heterocycles. The lowest BCUT2D eigenvalue weighted by Crippen LogP contribution is -2.12. The van der Waals surface area contributed by atoms with Crippen molar-refractivity contribution in [3.05, 3.63) is 40.3 Å². The van der Waals surface area contributed by atoms with Gasteiger partial charge in [0, 0.05) is 18.5 Å². The van der Waals surface area contributed by atoms with Gasteiger partial charge >= 0.3 is 0 Å². The Labute approximate surface area is 110 Å². The molecule has 2 aromatic rings. The Morgan fingerprint density at radius 3 is 3.00 bits per heavy atom. The number of phenols is 1. The molecular formula is C13H16N2O2S. The minimum Gasteiger partial charge on any atom is -0.504 e. The minimum absolute atomic E-state index is 0.181. The average molecular weight is 264 g/mol. The minimum atomic E-state index is 0.181. The van der Waals surface area contributed by atoms with Crippen LogP contribution in [0.5, 0.6) is 11.5 Å². The molecule has 1 heterocycles. The smallest absolute Gasteiger partial charge is 0.161 e. The van der Waals surface area contributed by atoms with Gasteiger partial charge in [0.25, 0.3) is 0 Å². The van der Waals surface area contributed by atoms with E-state index in [2.05, 4.69) is 10.3 Å². The van der Waals surface area contributed by atoms with Gasteiger partial charge in [0.15, 0.2) is 11.5 Å². The second kappa shape index (κ2) is 6.37. The number of nitrogens with zero attached hydrogens (tertiary/aromatic N) is 1. The molecule has 0 spiro atoms. The molecule has 0 atom stereocenters. The van der Waals surface area contributed by atoms with Crippen LogP contribution in [-0.2, 0) is 13.1 Å². The molecule has 2 rings (SSSR count). The summed E-state index contributed by atoms with van der Waals surface area (Å²) in [5.41, 5.74) is 3.94. The average Bonchev–Trinajstić information content (AvgIpc) is 2.87. The van der Waals surface area contributed by atoms with Crippen molar-refractivity contribution in [1.29, 1.82) is 0 Å². The highest BCUT2D eigenvalue weighted by Crippen LogP contribution is 2.26. The molecule has 0 radical (unpaired) electrons. The second-order valence-electron chi connectivity index (χ2n) is 3.82. The number of ether oxygens (including phenoxy) is 1. The van der Waals surface area contributed by atoms with Crippen LogP contribution in [0.4, 0.5) is 0 Å². The van der Waals surface area contributed by atoms with Gasteiger partial charge in [-0.3, -0.25) is 0 Å². The molecule has 4 nitrogen and oxygen atoms in total. The monoisotopic (exact) mass is 264 g/mol. The first-order valence-electron chi connectivity index (χ1n) is 5.82. The molecule has 18 heavy (non-hydrogen) atoms. The summed E-state index contributed by atoms with van der Waals surface area (Å²) in [6.07, 6.45) is 0. The number of thiazole rings is 1. The number of aromatic hydroxyl groups is 1. The van der Waals surface area contributed by atoms with Crippen LogP contribution in [0, 0.1) is 0 Å². The molecule has 1 aromatic heterocycles. The lowest BCUT2D eigenvalue weighted by atomic mass is 10.2. The first-order valence-corrected chi connectivity index (χ1v) is 6.76. The Bertz CT molecular complexity index is 486. The van der Waals surface area contributed by atoms with E-state index in [0.717, 1.165) is 24.3 Å². The van der Waals surface area contributed by atoms with Crippen LogP contribution in [0.3, 0.4) is 0 Å². The van der Waals surface area contributed by atoms with Crippen molar-refractivity contribution in [3.8, 4) is 11.5 Å². The van der Waals surface area contributed by atoms with E-state index in [1.165, 1.54) is 0 Å². The molecule has 2 N–H and O–H groups in total. The summed E-state index contributed by atoms with van der Waals surface area (Å²) in [4.78, 5) is 4.20. The van der Waals surface area contributed by atoms with Crippen LogP contribution < -0.4 is 10.1 Å². The first kappa shape index (κ1) is 12.9. The predicted octanol–water partition coefficient (Wildman–Crippen LogP) is 2.54. The molecule has 0 fully saturated rings. The molecule has 0 aliphatic carbocycles. The van der Waals surface area contributed by atoms with Crippen LogP contribution >= 0.6 is 11.3 Å². The molecule has 0 amide bonds. The summed E-state index contributed by atoms with van der Waals surface area (Å²) in [6, 6.07) is 5.39. The third-order valence-electron chi connectivity index (χ3n) is 2.44. The van der Waals surface area contributed by atoms with Crippen LogP contribution in [0.1, 0.15) is 18.2 Å². The summed E-state index contributed by atoms with van der Waals surface area (Å²) in [6.45, 7) is 3.90. The standard InChI is InChI=1S/C13H16N2O2S/c1-2-17-13-5-10(3-4-12(13)16)6-14-7-11-8-18-9-15-11/h3-5,8-9,14,16H,2,6-7H2,1H3. The molecule has 0 aliphatic heterocycles. The van der Waals surface area contributed by atoms with E-state index in [-0.39, 0.29) is 5.75 Å². The summed E-state index contributed by atoms with van der Waals surface area (Å²) < 4.78 is 5.34. The summed E-state index contributed by atoms with van der Waals surface area (Å²) in [5.74, 6) is 0.713. The predicted molar refractivity (Wildman–Crippen MR) is 71.9 cm³/mol. The van der Waals surface area contributed by atoms with Gasteiger partial charge in [-0.15, -0.1) is 11.3 Å². The summed E-state index contributed by atoms with van der Waals surface area (Å²) in [5, 5.41) is 14.9. The fourth-order valence-corrected chi connectivity index (χ4v) is 2.16. The van der Waals surface area contributed by atoms with Crippen molar-refractivity contribution in [3.63, 3.8) is 0 Å². The lowest BCUT2D eigenvalue weighted by molar-refractivity contribution is 0.317. The van der Waals surface area contributed by atoms with E-state index in [9.17, 15) is 5.11 Å². The van der Waals surface area contributed by atoms with Crippen LogP contribution in [0.25, 0.3) is 0 Å². The van der Waals surface area contributed by atoms with Gasteiger partial charge in [0.1, 0.15) is 0 Å². The molecule has 0 unspecified atom stereocenters. The zero-order chi connectivity index (χ0) is 12.8. The summed E-state index contributed by atoms with van der Waals surface area (Å²) >= 11 is 1.59. The molecule has 0 saturated carbocycles. The molecule has 1 aromatic carbocycles. The van der Waals surface area contributed by atoms with Gasteiger partial charge in [-0.25, -0.2) is 4.98 Å².